The highest BCUT2D eigenvalue weighted by Gasteiger charge is 2.10. The first kappa shape index (κ1) is 11.2. The molecule has 0 aromatic heterocycles. The Morgan fingerprint density at radius 3 is 2.22 bits per heavy atom. The van der Waals surface area contributed by atoms with Crippen molar-refractivity contribution in [1.29, 1.82) is 0 Å². The molecule has 4 nitrogen and oxygen atoms in total. The molecule has 1 atom stereocenters. The van der Waals surface area contributed by atoms with Gasteiger partial charge in [-0.3, -0.25) is 4.79 Å². The smallest absolute Gasteiger partial charge is 0.307 e. The summed E-state index contributed by atoms with van der Waals surface area (Å²) in [6.07, 6.45) is 0.617. The average molecular weight is 134 g/mol. The summed E-state index contributed by atoms with van der Waals surface area (Å²) in [6.45, 7) is 2.05. The summed E-state index contributed by atoms with van der Waals surface area (Å²) in [7, 11) is 0. The number of hydrogen-bond acceptors (Lipinski definition) is 3. The predicted molar refractivity (Wildman–Crippen MR) is 35.5 cm³/mol. The van der Waals surface area contributed by atoms with E-state index in [1.165, 1.54) is 0 Å². The Labute approximate surface area is 54.6 Å². The van der Waals surface area contributed by atoms with E-state index in [1.54, 1.807) is 0 Å². The maximum absolute atomic E-state index is 10.1. The fraction of sp³-hybridized carbons (Fsp3) is 0.800. The lowest BCUT2D eigenvalue weighted by Crippen LogP contribution is -2.21. The summed E-state index contributed by atoms with van der Waals surface area (Å²) < 4.78 is 0. The van der Waals surface area contributed by atoms with E-state index in [0.717, 1.165) is 0 Å². The van der Waals surface area contributed by atoms with Crippen LogP contribution in [0.15, 0.2) is 0 Å². The molecule has 56 valence electrons. The Morgan fingerprint density at radius 1 is 1.78 bits per heavy atom. The fourth-order valence-electron chi connectivity index (χ4n) is 0.442. The third-order valence-corrected chi connectivity index (χ3v) is 1.13. The highest BCUT2D eigenvalue weighted by Crippen LogP contribution is 1.97. The van der Waals surface area contributed by atoms with Gasteiger partial charge >= 0.3 is 5.97 Å². The SMILES string of the molecule is CCC(CN)C(=O)O.N. The Morgan fingerprint density at radius 2 is 2.22 bits per heavy atom. The molecule has 9 heavy (non-hydrogen) atoms. The fourth-order valence-corrected chi connectivity index (χ4v) is 0.442. The molecule has 0 aliphatic rings. The van der Waals surface area contributed by atoms with E-state index < -0.39 is 5.97 Å². The van der Waals surface area contributed by atoms with E-state index in [-0.39, 0.29) is 18.6 Å². The molecule has 6 N–H and O–H groups in total. The van der Waals surface area contributed by atoms with Gasteiger partial charge in [-0.25, -0.2) is 0 Å². The van der Waals surface area contributed by atoms with E-state index in [0.29, 0.717) is 6.42 Å². The van der Waals surface area contributed by atoms with Crippen LogP contribution in [0.2, 0.25) is 0 Å². The Bertz CT molecular complexity index is 81.0. The number of carbonyl (C=O) groups is 1. The first-order valence-corrected chi connectivity index (χ1v) is 2.65. The zero-order chi connectivity index (χ0) is 6.57. The molecule has 4 heteroatoms. The van der Waals surface area contributed by atoms with Gasteiger partial charge in [-0.1, -0.05) is 6.92 Å². The molecule has 0 bridgehead atoms. The van der Waals surface area contributed by atoms with Crippen molar-refractivity contribution in [2.75, 3.05) is 6.54 Å². The third kappa shape index (κ3) is 3.93. The van der Waals surface area contributed by atoms with E-state index in [2.05, 4.69) is 0 Å². The maximum Gasteiger partial charge on any atom is 0.307 e. The molecule has 0 radical (unpaired) electrons. The Balaban J connectivity index is 0. The molecule has 0 aromatic carbocycles. The van der Waals surface area contributed by atoms with Crippen molar-refractivity contribution in [2.24, 2.45) is 11.7 Å². The summed E-state index contributed by atoms with van der Waals surface area (Å²) in [5.74, 6) is -1.15. The van der Waals surface area contributed by atoms with E-state index in [1.807, 2.05) is 6.92 Å². The summed E-state index contributed by atoms with van der Waals surface area (Å²) in [6, 6.07) is 0. The third-order valence-electron chi connectivity index (χ3n) is 1.13. The number of nitrogens with two attached hydrogens (primary N) is 1. The lowest BCUT2D eigenvalue weighted by atomic mass is 10.1. The van der Waals surface area contributed by atoms with Crippen molar-refractivity contribution in [2.45, 2.75) is 13.3 Å². The molecular weight excluding hydrogens is 120 g/mol. The second kappa shape index (κ2) is 5.53. The van der Waals surface area contributed by atoms with Gasteiger partial charge in [0.05, 0.1) is 5.92 Å². The predicted octanol–water partition coefficient (Wildman–Crippen LogP) is 0.218. The number of carboxylic acid groups (broad SMARTS) is 1. The first-order valence-electron chi connectivity index (χ1n) is 2.65. The van der Waals surface area contributed by atoms with Crippen molar-refractivity contribution in [3.63, 3.8) is 0 Å². The van der Waals surface area contributed by atoms with Crippen LogP contribution in [0.1, 0.15) is 13.3 Å². The summed E-state index contributed by atoms with van der Waals surface area (Å²) in [5, 5.41) is 8.29. The highest BCUT2D eigenvalue weighted by atomic mass is 16.4. The van der Waals surface area contributed by atoms with Gasteiger partial charge in [-0.05, 0) is 6.42 Å². The van der Waals surface area contributed by atoms with Crippen LogP contribution in [-0.4, -0.2) is 17.6 Å². The minimum absolute atomic E-state index is 0. The van der Waals surface area contributed by atoms with Crippen LogP contribution in [0, 0.1) is 5.92 Å². The van der Waals surface area contributed by atoms with Gasteiger partial charge < -0.3 is 17.0 Å². The quantitative estimate of drug-likeness (QED) is 0.514. The van der Waals surface area contributed by atoms with Crippen LogP contribution < -0.4 is 11.9 Å². The normalized spacial score (nSPS) is 11.8. The lowest BCUT2D eigenvalue weighted by molar-refractivity contribution is -0.141. The van der Waals surface area contributed by atoms with Crippen LogP contribution in [0.4, 0.5) is 0 Å². The van der Waals surface area contributed by atoms with Gasteiger partial charge in [0.15, 0.2) is 0 Å². The summed E-state index contributed by atoms with van der Waals surface area (Å²) >= 11 is 0. The molecule has 1 unspecified atom stereocenters. The van der Waals surface area contributed by atoms with Gasteiger partial charge in [0.2, 0.25) is 0 Å². The summed E-state index contributed by atoms with van der Waals surface area (Å²) in [4.78, 5) is 10.1. The zero-order valence-corrected chi connectivity index (χ0v) is 5.63. The standard InChI is InChI=1S/C5H11NO2.H3N/c1-2-4(3-6)5(7)8;/h4H,2-3,6H2,1H3,(H,7,8);1H3. The monoisotopic (exact) mass is 134 g/mol. The molecule has 0 amide bonds. The van der Waals surface area contributed by atoms with Gasteiger partial charge in [0.1, 0.15) is 0 Å². The lowest BCUT2D eigenvalue weighted by Gasteiger charge is -2.02. The molecule has 0 saturated carbocycles. The largest absolute Gasteiger partial charge is 0.481 e. The van der Waals surface area contributed by atoms with E-state index in [9.17, 15) is 4.79 Å². The van der Waals surface area contributed by atoms with Gasteiger partial charge in [-0.2, -0.15) is 0 Å². The first-order chi connectivity index (χ1) is 3.72. The molecule has 0 heterocycles. The average Bonchev–Trinajstić information content (AvgIpc) is 1.69. The minimum Gasteiger partial charge on any atom is -0.481 e. The Kier molecular flexibility index (Phi) is 6.89. The topological polar surface area (TPSA) is 98.3 Å². The number of carboxylic acids is 1. The zero-order valence-electron chi connectivity index (χ0n) is 5.63. The van der Waals surface area contributed by atoms with Crippen LogP contribution >= 0.6 is 0 Å². The highest BCUT2D eigenvalue weighted by molar-refractivity contribution is 5.70. The molecule has 0 spiro atoms. The second-order valence-corrected chi connectivity index (χ2v) is 1.68. The van der Waals surface area contributed by atoms with Crippen LogP contribution in [-0.2, 0) is 4.79 Å². The van der Waals surface area contributed by atoms with Gasteiger partial charge in [0.25, 0.3) is 0 Å². The molecule has 0 rings (SSSR count). The van der Waals surface area contributed by atoms with Crippen molar-refractivity contribution in [3.8, 4) is 0 Å². The van der Waals surface area contributed by atoms with Crippen molar-refractivity contribution < 1.29 is 9.90 Å². The number of aliphatic carboxylic acids is 1. The van der Waals surface area contributed by atoms with Crippen molar-refractivity contribution in [3.05, 3.63) is 0 Å². The molecule has 0 saturated heterocycles. The molecule has 0 fully saturated rings. The molecule has 0 aliphatic heterocycles. The van der Waals surface area contributed by atoms with E-state index >= 15 is 0 Å². The minimum atomic E-state index is -0.796. The van der Waals surface area contributed by atoms with Crippen LogP contribution in [0.5, 0.6) is 0 Å². The summed E-state index contributed by atoms with van der Waals surface area (Å²) in [5.41, 5.74) is 5.10. The Hall–Kier alpha value is -0.610. The van der Waals surface area contributed by atoms with Crippen molar-refractivity contribution >= 4 is 5.97 Å². The van der Waals surface area contributed by atoms with Crippen LogP contribution in [0.3, 0.4) is 0 Å². The van der Waals surface area contributed by atoms with Crippen molar-refractivity contribution in [1.82, 2.24) is 6.15 Å². The van der Waals surface area contributed by atoms with E-state index in [4.69, 9.17) is 10.8 Å². The van der Waals surface area contributed by atoms with Gasteiger partial charge in [0, 0.05) is 6.54 Å². The molecule has 0 aliphatic carbocycles. The number of hydrogen-bond donors (Lipinski definition) is 3. The van der Waals surface area contributed by atoms with Gasteiger partial charge in [-0.15, -0.1) is 0 Å². The van der Waals surface area contributed by atoms with Crippen LogP contribution in [0.25, 0.3) is 0 Å². The second-order valence-electron chi connectivity index (χ2n) is 1.68. The maximum atomic E-state index is 10.1. The molecule has 0 aromatic rings. The molecular formula is C5H14N2O2. The number of rotatable bonds is 3.